The molecule has 1 heterocycles. The lowest BCUT2D eigenvalue weighted by Crippen LogP contribution is -2.49. The van der Waals surface area contributed by atoms with Crippen LogP contribution in [0.5, 0.6) is 0 Å². The lowest BCUT2D eigenvalue weighted by molar-refractivity contribution is -0.126. The van der Waals surface area contributed by atoms with E-state index >= 15 is 0 Å². The number of hydrogen-bond donors (Lipinski definition) is 1. The lowest BCUT2D eigenvalue weighted by Gasteiger charge is -2.35. The van der Waals surface area contributed by atoms with Crippen molar-refractivity contribution in [1.82, 2.24) is 10.2 Å². The number of ether oxygens (including phenoxy) is 1. The molecule has 0 aromatic heterocycles. The summed E-state index contributed by atoms with van der Waals surface area (Å²) in [6.45, 7) is 8.18. The van der Waals surface area contributed by atoms with Crippen LogP contribution in [0.3, 0.4) is 0 Å². The molecule has 1 saturated heterocycles. The van der Waals surface area contributed by atoms with Gasteiger partial charge in [0.05, 0.1) is 24.8 Å². The first-order valence-corrected chi connectivity index (χ1v) is 7.26. The quantitative estimate of drug-likeness (QED) is 0.914. The van der Waals surface area contributed by atoms with Crippen molar-refractivity contribution in [2.75, 3.05) is 19.6 Å². The van der Waals surface area contributed by atoms with E-state index in [1.165, 1.54) is 0 Å². The van der Waals surface area contributed by atoms with Gasteiger partial charge in [0.15, 0.2) is 0 Å². The molecule has 1 aliphatic rings. The predicted molar refractivity (Wildman–Crippen MR) is 79.4 cm³/mol. The zero-order chi connectivity index (χ0) is 14.5. The van der Waals surface area contributed by atoms with Crippen molar-refractivity contribution < 1.29 is 9.53 Å². The predicted octanol–water partition coefficient (Wildman–Crippen LogP) is 1.97. The average Bonchev–Trinajstić information content (AvgIpc) is 2.38. The first-order chi connectivity index (χ1) is 9.54. The molecular formula is C16H24N2O2. The summed E-state index contributed by atoms with van der Waals surface area (Å²) in [6, 6.07) is 10.1. The highest BCUT2D eigenvalue weighted by atomic mass is 16.5. The van der Waals surface area contributed by atoms with Crippen molar-refractivity contribution in [1.29, 1.82) is 0 Å². The van der Waals surface area contributed by atoms with E-state index in [2.05, 4.69) is 10.2 Å². The van der Waals surface area contributed by atoms with Gasteiger partial charge in [-0.2, -0.15) is 0 Å². The van der Waals surface area contributed by atoms with Crippen molar-refractivity contribution in [3.05, 3.63) is 35.9 Å². The Morgan fingerprint density at radius 2 is 1.90 bits per heavy atom. The molecule has 4 heteroatoms. The largest absolute Gasteiger partial charge is 0.373 e. The summed E-state index contributed by atoms with van der Waals surface area (Å²) in [5.74, 6) is 0.0719. The zero-order valence-electron chi connectivity index (χ0n) is 12.5. The van der Waals surface area contributed by atoms with E-state index in [4.69, 9.17) is 4.74 Å². The van der Waals surface area contributed by atoms with Crippen molar-refractivity contribution in [3.63, 3.8) is 0 Å². The van der Waals surface area contributed by atoms with Gasteiger partial charge in [-0.05, 0) is 26.3 Å². The van der Waals surface area contributed by atoms with Gasteiger partial charge in [0.2, 0.25) is 5.91 Å². The van der Waals surface area contributed by atoms with Crippen molar-refractivity contribution in [3.8, 4) is 0 Å². The normalized spacial score (nSPS) is 25.1. The molecule has 0 saturated carbocycles. The molecule has 20 heavy (non-hydrogen) atoms. The molecule has 3 atom stereocenters. The van der Waals surface area contributed by atoms with Crippen LogP contribution in [0.4, 0.5) is 0 Å². The Kier molecular flexibility index (Phi) is 5.15. The molecule has 0 aliphatic carbocycles. The van der Waals surface area contributed by atoms with Crippen LogP contribution < -0.4 is 5.32 Å². The Hall–Kier alpha value is -1.39. The third-order valence-corrected chi connectivity index (χ3v) is 3.54. The van der Waals surface area contributed by atoms with E-state index in [0.717, 1.165) is 18.7 Å². The fraction of sp³-hybridized carbons (Fsp3) is 0.562. The topological polar surface area (TPSA) is 41.6 Å². The zero-order valence-corrected chi connectivity index (χ0v) is 12.5. The van der Waals surface area contributed by atoms with Crippen LogP contribution in [-0.2, 0) is 9.53 Å². The molecular weight excluding hydrogens is 252 g/mol. The Balaban J connectivity index is 1.83. The van der Waals surface area contributed by atoms with Gasteiger partial charge < -0.3 is 10.1 Å². The highest BCUT2D eigenvalue weighted by molar-refractivity contribution is 5.78. The summed E-state index contributed by atoms with van der Waals surface area (Å²) in [4.78, 5) is 14.3. The molecule has 2 rings (SSSR count). The number of carbonyl (C=O) groups is 1. The van der Waals surface area contributed by atoms with E-state index in [0.29, 0.717) is 6.54 Å². The molecule has 1 aliphatic heterocycles. The molecule has 0 radical (unpaired) electrons. The van der Waals surface area contributed by atoms with Crippen LogP contribution in [-0.4, -0.2) is 42.6 Å². The van der Waals surface area contributed by atoms with Crippen LogP contribution in [0, 0.1) is 0 Å². The minimum Gasteiger partial charge on any atom is -0.373 e. The molecule has 1 amide bonds. The number of rotatable bonds is 4. The number of benzene rings is 1. The molecule has 1 fully saturated rings. The van der Waals surface area contributed by atoms with E-state index in [9.17, 15) is 4.79 Å². The third-order valence-electron chi connectivity index (χ3n) is 3.54. The van der Waals surface area contributed by atoms with Gasteiger partial charge in [-0.1, -0.05) is 30.3 Å². The summed E-state index contributed by atoms with van der Waals surface area (Å²) in [6.07, 6.45) is 0.385. The van der Waals surface area contributed by atoms with Gasteiger partial charge in [-0.3, -0.25) is 9.69 Å². The monoisotopic (exact) mass is 276 g/mol. The molecule has 0 bridgehead atoms. The van der Waals surface area contributed by atoms with E-state index in [1.54, 1.807) is 0 Å². The van der Waals surface area contributed by atoms with Crippen LogP contribution in [0.15, 0.2) is 30.3 Å². The van der Waals surface area contributed by atoms with Gasteiger partial charge in [0.25, 0.3) is 0 Å². The molecule has 0 spiro atoms. The van der Waals surface area contributed by atoms with Crippen LogP contribution in [0.25, 0.3) is 0 Å². The smallest absolute Gasteiger partial charge is 0.234 e. The van der Waals surface area contributed by atoms with Crippen molar-refractivity contribution in [2.24, 2.45) is 0 Å². The van der Waals surface area contributed by atoms with Crippen LogP contribution in [0.2, 0.25) is 0 Å². The SMILES string of the molecule is C[C@H](NC(=O)CN1C[C@H](C)O[C@@H](C)C1)c1ccccc1. The van der Waals surface area contributed by atoms with Crippen molar-refractivity contribution >= 4 is 5.91 Å². The van der Waals surface area contributed by atoms with E-state index < -0.39 is 0 Å². The molecule has 1 aromatic rings. The Bertz CT molecular complexity index is 425. The number of nitrogens with zero attached hydrogens (tertiary/aromatic N) is 1. The molecule has 4 nitrogen and oxygen atoms in total. The molecule has 110 valence electrons. The second-order valence-corrected chi connectivity index (χ2v) is 5.65. The van der Waals surface area contributed by atoms with E-state index in [-0.39, 0.29) is 24.2 Å². The Labute approximate surface area is 121 Å². The number of carbonyl (C=O) groups excluding carboxylic acids is 1. The number of morpholine rings is 1. The first-order valence-electron chi connectivity index (χ1n) is 7.26. The average molecular weight is 276 g/mol. The van der Waals surface area contributed by atoms with Gasteiger partial charge >= 0.3 is 0 Å². The summed E-state index contributed by atoms with van der Waals surface area (Å²) in [7, 11) is 0. The van der Waals surface area contributed by atoms with Gasteiger partial charge in [0.1, 0.15) is 0 Å². The fourth-order valence-electron chi connectivity index (χ4n) is 2.73. The van der Waals surface area contributed by atoms with Gasteiger partial charge in [0, 0.05) is 13.1 Å². The number of hydrogen-bond acceptors (Lipinski definition) is 3. The van der Waals surface area contributed by atoms with Crippen LogP contribution >= 0.6 is 0 Å². The Morgan fingerprint density at radius 1 is 1.30 bits per heavy atom. The maximum absolute atomic E-state index is 12.1. The standard InChI is InChI=1S/C16H24N2O2/c1-12-9-18(10-13(2)20-12)11-16(19)17-14(3)15-7-5-4-6-8-15/h4-8,12-14H,9-11H2,1-3H3,(H,17,19)/t12-,13-,14-/m0/s1. The second-order valence-electron chi connectivity index (χ2n) is 5.65. The highest BCUT2D eigenvalue weighted by Crippen LogP contribution is 2.12. The number of nitrogens with one attached hydrogen (secondary N) is 1. The van der Waals surface area contributed by atoms with E-state index in [1.807, 2.05) is 51.1 Å². The summed E-state index contributed by atoms with van der Waals surface area (Å²) < 4.78 is 5.67. The molecule has 0 unspecified atom stereocenters. The molecule has 1 aromatic carbocycles. The maximum Gasteiger partial charge on any atom is 0.234 e. The molecule has 1 N–H and O–H groups in total. The Morgan fingerprint density at radius 3 is 2.50 bits per heavy atom. The summed E-state index contributed by atoms with van der Waals surface area (Å²) in [5.41, 5.74) is 1.13. The summed E-state index contributed by atoms with van der Waals surface area (Å²) >= 11 is 0. The summed E-state index contributed by atoms with van der Waals surface area (Å²) in [5, 5.41) is 3.05. The maximum atomic E-state index is 12.1. The number of amides is 1. The third kappa shape index (κ3) is 4.32. The van der Waals surface area contributed by atoms with Gasteiger partial charge in [-0.15, -0.1) is 0 Å². The lowest BCUT2D eigenvalue weighted by atomic mass is 10.1. The first kappa shape index (κ1) is 15.0. The minimum absolute atomic E-state index is 0.0413. The fourth-order valence-corrected chi connectivity index (χ4v) is 2.73. The van der Waals surface area contributed by atoms with Gasteiger partial charge in [-0.25, -0.2) is 0 Å². The minimum atomic E-state index is 0.0413. The second kappa shape index (κ2) is 6.86. The van der Waals surface area contributed by atoms with Crippen LogP contribution in [0.1, 0.15) is 32.4 Å². The highest BCUT2D eigenvalue weighted by Gasteiger charge is 2.24. The van der Waals surface area contributed by atoms with Crippen molar-refractivity contribution in [2.45, 2.75) is 39.0 Å².